The summed E-state index contributed by atoms with van der Waals surface area (Å²) in [5.41, 5.74) is 1.22. The van der Waals surface area contributed by atoms with Crippen LogP contribution in [0.4, 0.5) is 0 Å². The summed E-state index contributed by atoms with van der Waals surface area (Å²) in [5.74, 6) is 0.891. The molecule has 0 aliphatic heterocycles. The molecule has 1 aromatic heterocycles. The number of amides is 1. The smallest absolute Gasteiger partial charge is 0.237 e. The molecule has 0 bridgehead atoms. The lowest BCUT2D eigenvalue weighted by molar-refractivity contribution is -0.131. The third-order valence-corrected chi connectivity index (χ3v) is 5.86. The standard InChI is InChI=1S/C15H21ClIN3O2/c1-7(2)20-9(5-11(17)18-20)13-8-4-10(15(22)14(8)13)19(3)12(21)6-16/h5,7-8,10,13-15,22H,4,6H2,1-3H3/t8-,10?,13?,14-,15?/m1/s1. The molecule has 0 saturated heterocycles. The van der Waals surface area contributed by atoms with Gasteiger partial charge in [0.25, 0.3) is 0 Å². The van der Waals surface area contributed by atoms with Crippen molar-refractivity contribution in [3.8, 4) is 0 Å². The van der Waals surface area contributed by atoms with Crippen molar-refractivity contribution in [2.45, 2.75) is 44.4 Å². The van der Waals surface area contributed by atoms with E-state index in [9.17, 15) is 9.90 Å². The molecule has 7 heteroatoms. The molecule has 1 amide bonds. The summed E-state index contributed by atoms with van der Waals surface area (Å²) in [4.78, 5) is 13.3. The molecule has 2 saturated carbocycles. The summed E-state index contributed by atoms with van der Waals surface area (Å²) >= 11 is 7.85. The Morgan fingerprint density at radius 2 is 2.32 bits per heavy atom. The van der Waals surface area contributed by atoms with E-state index < -0.39 is 6.10 Å². The SMILES string of the molecule is CC(C)n1nc(I)cc1C1[C@@H]2C(O)C(N(C)C(=O)CCl)C[C@H]12. The number of carbonyl (C=O) groups is 1. The highest BCUT2D eigenvalue weighted by Gasteiger charge is 2.64. The van der Waals surface area contributed by atoms with E-state index >= 15 is 0 Å². The average molecular weight is 438 g/mol. The summed E-state index contributed by atoms with van der Waals surface area (Å²) in [6, 6.07) is 2.33. The van der Waals surface area contributed by atoms with Gasteiger partial charge < -0.3 is 10.0 Å². The molecule has 5 nitrogen and oxygen atoms in total. The Labute approximate surface area is 149 Å². The van der Waals surface area contributed by atoms with Gasteiger partial charge in [0, 0.05) is 24.7 Å². The Kier molecular flexibility index (Phi) is 4.46. The maximum Gasteiger partial charge on any atom is 0.237 e. The minimum atomic E-state index is -0.472. The zero-order valence-corrected chi connectivity index (χ0v) is 15.8. The molecule has 2 aliphatic carbocycles. The van der Waals surface area contributed by atoms with Gasteiger partial charge in [-0.1, -0.05) is 0 Å². The van der Waals surface area contributed by atoms with Gasteiger partial charge in [-0.25, -0.2) is 0 Å². The van der Waals surface area contributed by atoms with Gasteiger partial charge >= 0.3 is 0 Å². The Balaban J connectivity index is 1.76. The number of aliphatic hydroxyl groups excluding tert-OH is 1. The van der Waals surface area contributed by atoms with E-state index in [2.05, 4.69) is 52.3 Å². The van der Waals surface area contributed by atoms with Gasteiger partial charge in [0.2, 0.25) is 5.91 Å². The monoisotopic (exact) mass is 437 g/mol. The number of aromatic nitrogens is 2. The third-order valence-electron chi connectivity index (χ3n) is 5.10. The maximum atomic E-state index is 11.7. The fourth-order valence-corrected chi connectivity index (χ4v) is 4.71. The molecule has 1 N–H and O–H groups in total. The predicted octanol–water partition coefficient (Wildman–Crippen LogP) is 2.23. The number of hydrogen-bond donors (Lipinski definition) is 1. The molecule has 0 spiro atoms. The van der Waals surface area contributed by atoms with Crippen molar-refractivity contribution in [3.05, 3.63) is 15.5 Å². The zero-order valence-electron chi connectivity index (χ0n) is 12.9. The molecular formula is C15H21ClIN3O2. The van der Waals surface area contributed by atoms with Crippen molar-refractivity contribution in [3.63, 3.8) is 0 Å². The zero-order chi connectivity index (χ0) is 16.2. The van der Waals surface area contributed by atoms with E-state index in [1.807, 2.05) is 0 Å². The predicted molar refractivity (Wildman–Crippen MR) is 93.0 cm³/mol. The van der Waals surface area contributed by atoms with Crippen molar-refractivity contribution in [2.75, 3.05) is 12.9 Å². The number of carbonyl (C=O) groups excluding carboxylic acids is 1. The molecule has 22 heavy (non-hydrogen) atoms. The first kappa shape index (κ1) is 16.5. The van der Waals surface area contributed by atoms with Crippen LogP contribution in [-0.2, 0) is 4.79 Å². The van der Waals surface area contributed by atoms with Crippen LogP contribution in [0.1, 0.15) is 37.9 Å². The van der Waals surface area contributed by atoms with Crippen molar-refractivity contribution < 1.29 is 9.90 Å². The van der Waals surface area contributed by atoms with Crippen molar-refractivity contribution in [1.82, 2.24) is 14.7 Å². The van der Waals surface area contributed by atoms with E-state index in [1.165, 1.54) is 5.69 Å². The van der Waals surface area contributed by atoms with Crippen LogP contribution in [0.15, 0.2) is 6.07 Å². The molecular weight excluding hydrogens is 417 g/mol. The van der Waals surface area contributed by atoms with Crippen molar-refractivity contribution in [2.24, 2.45) is 11.8 Å². The summed E-state index contributed by atoms with van der Waals surface area (Å²) in [6.45, 7) is 4.24. The van der Waals surface area contributed by atoms with Gasteiger partial charge in [0.15, 0.2) is 0 Å². The summed E-state index contributed by atoms with van der Waals surface area (Å²) in [7, 11) is 1.74. The lowest BCUT2D eigenvalue weighted by Crippen LogP contribution is -2.44. The minimum Gasteiger partial charge on any atom is -0.391 e. The van der Waals surface area contributed by atoms with Gasteiger partial charge in [-0.3, -0.25) is 9.48 Å². The van der Waals surface area contributed by atoms with Crippen LogP contribution in [0.25, 0.3) is 0 Å². The van der Waals surface area contributed by atoms with Crippen LogP contribution < -0.4 is 0 Å². The lowest BCUT2D eigenvalue weighted by atomic mass is 10.0. The number of likely N-dealkylation sites (N-methyl/N-ethyl adjacent to an activating group) is 1. The highest BCUT2D eigenvalue weighted by Crippen LogP contribution is 2.64. The Bertz CT molecular complexity index is 591. The van der Waals surface area contributed by atoms with E-state index in [4.69, 9.17) is 11.6 Å². The van der Waals surface area contributed by atoms with Crippen LogP contribution in [0.2, 0.25) is 0 Å². The van der Waals surface area contributed by atoms with Gasteiger partial charge in [0.1, 0.15) is 9.58 Å². The van der Waals surface area contributed by atoms with Gasteiger partial charge in [-0.2, -0.15) is 5.10 Å². The first-order valence-electron chi connectivity index (χ1n) is 7.61. The van der Waals surface area contributed by atoms with Crippen LogP contribution >= 0.6 is 34.2 Å². The second-order valence-corrected chi connectivity index (χ2v) is 8.00. The van der Waals surface area contributed by atoms with E-state index in [-0.39, 0.29) is 23.7 Å². The number of fused-ring (bicyclic) bond motifs is 1. The fourth-order valence-electron chi connectivity index (χ4n) is 3.97. The third kappa shape index (κ3) is 2.57. The van der Waals surface area contributed by atoms with Crippen LogP contribution in [-0.4, -0.2) is 50.8 Å². The largest absolute Gasteiger partial charge is 0.391 e. The van der Waals surface area contributed by atoms with E-state index in [0.29, 0.717) is 17.9 Å². The number of rotatable bonds is 4. The molecule has 122 valence electrons. The number of alkyl halides is 1. The second-order valence-electron chi connectivity index (χ2n) is 6.63. The number of nitrogens with zero attached hydrogens (tertiary/aromatic N) is 3. The Morgan fingerprint density at radius 1 is 1.64 bits per heavy atom. The first-order chi connectivity index (χ1) is 10.4. The molecule has 1 heterocycles. The molecule has 2 aliphatic rings. The topological polar surface area (TPSA) is 58.4 Å². The van der Waals surface area contributed by atoms with E-state index in [1.54, 1.807) is 11.9 Å². The molecule has 0 radical (unpaired) electrons. The first-order valence-corrected chi connectivity index (χ1v) is 9.22. The summed E-state index contributed by atoms with van der Waals surface area (Å²) < 4.78 is 3.06. The highest BCUT2D eigenvalue weighted by atomic mass is 127. The maximum absolute atomic E-state index is 11.7. The molecule has 1 aromatic rings. The van der Waals surface area contributed by atoms with Crippen LogP contribution in [0, 0.1) is 15.5 Å². The molecule has 3 unspecified atom stereocenters. The van der Waals surface area contributed by atoms with Gasteiger partial charge in [-0.15, -0.1) is 11.6 Å². The Hall–Kier alpha value is -0.340. The average Bonchev–Trinajstić information content (AvgIpc) is 2.89. The molecule has 5 atom stereocenters. The van der Waals surface area contributed by atoms with Gasteiger partial charge in [0.05, 0.1) is 12.1 Å². The van der Waals surface area contributed by atoms with E-state index in [0.717, 1.165) is 10.1 Å². The molecule has 2 fully saturated rings. The van der Waals surface area contributed by atoms with Crippen molar-refractivity contribution in [1.29, 1.82) is 0 Å². The van der Waals surface area contributed by atoms with Crippen LogP contribution in [0.5, 0.6) is 0 Å². The normalized spacial score (nSPS) is 33.1. The number of hydrogen-bond acceptors (Lipinski definition) is 3. The lowest BCUT2D eigenvalue weighted by Gasteiger charge is -2.29. The number of halogens is 2. The highest BCUT2D eigenvalue weighted by molar-refractivity contribution is 14.1. The fraction of sp³-hybridized carbons (Fsp3) is 0.733. The Morgan fingerprint density at radius 3 is 2.82 bits per heavy atom. The second kappa shape index (κ2) is 5.94. The summed E-state index contributed by atoms with van der Waals surface area (Å²) in [5, 5.41) is 15.2. The van der Waals surface area contributed by atoms with Crippen molar-refractivity contribution >= 4 is 40.1 Å². The minimum absolute atomic E-state index is 0.0310. The summed E-state index contributed by atoms with van der Waals surface area (Å²) in [6.07, 6.45) is 0.371. The number of aliphatic hydroxyl groups is 1. The molecule has 0 aromatic carbocycles. The molecule has 3 rings (SSSR count). The van der Waals surface area contributed by atoms with Gasteiger partial charge in [-0.05, 0) is 60.8 Å². The van der Waals surface area contributed by atoms with Crippen LogP contribution in [0.3, 0.4) is 0 Å². The quantitative estimate of drug-likeness (QED) is 0.580.